The SMILES string of the molecule is c1ccc(CN2CCN(CCC(c3ccccc3)c3ccccn3)CC2)cc1. The van der Waals surface area contributed by atoms with Gasteiger partial charge >= 0.3 is 0 Å². The zero-order valence-corrected chi connectivity index (χ0v) is 16.5. The molecule has 3 heteroatoms. The third-order valence-electron chi connectivity index (χ3n) is 5.69. The fourth-order valence-corrected chi connectivity index (χ4v) is 4.08. The van der Waals surface area contributed by atoms with E-state index in [-0.39, 0.29) is 0 Å². The van der Waals surface area contributed by atoms with Crippen LogP contribution in [0.1, 0.15) is 29.2 Å². The molecule has 1 fully saturated rings. The quantitative estimate of drug-likeness (QED) is 0.613. The Kier molecular flexibility index (Phi) is 6.48. The van der Waals surface area contributed by atoms with Crippen molar-refractivity contribution in [2.45, 2.75) is 18.9 Å². The molecule has 1 unspecified atom stereocenters. The van der Waals surface area contributed by atoms with Gasteiger partial charge in [-0.25, -0.2) is 0 Å². The summed E-state index contributed by atoms with van der Waals surface area (Å²) in [5.41, 5.74) is 3.95. The predicted molar refractivity (Wildman–Crippen MR) is 115 cm³/mol. The summed E-state index contributed by atoms with van der Waals surface area (Å²) >= 11 is 0. The summed E-state index contributed by atoms with van der Waals surface area (Å²) < 4.78 is 0. The Morgan fingerprint density at radius 2 is 1.36 bits per heavy atom. The van der Waals surface area contributed by atoms with Crippen LogP contribution < -0.4 is 0 Å². The van der Waals surface area contributed by atoms with Crippen molar-refractivity contribution in [1.82, 2.24) is 14.8 Å². The maximum absolute atomic E-state index is 4.65. The predicted octanol–water partition coefficient (Wildman–Crippen LogP) is 4.42. The number of pyridine rings is 1. The molecule has 144 valence electrons. The van der Waals surface area contributed by atoms with Crippen LogP contribution in [0.25, 0.3) is 0 Å². The first kappa shape index (κ1) is 18.9. The first-order valence-electron chi connectivity index (χ1n) is 10.3. The van der Waals surface area contributed by atoms with E-state index < -0.39 is 0 Å². The van der Waals surface area contributed by atoms with Crippen LogP contribution in [0.5, 0.6) is 0 Å². The van der Waals surface area contributed by atoms with Crippen LogP contribution in [-0.2, 0) is 6.54 Å². The highest BCUT2D eigenvalue weighted by Gasteiger charge is 2.20. The van der Waals surface area contributed by atoms with Gasteiger partial charge in [-0.15, -0.1) is 0 Å². The second-order valence-electron chi connectivity index (χ2n) is 7.61. The Labute approximate surface area is 168 Å². The molecule has 2 heterocycles. The molecule has 2 aromatic carbocycles. The molecule has 3 aromatic rings. The Morgan fingerprint density at radius 1 is 0.714 bits per heavy atom. The molecule has 0 bridgehead atoms. The Bertz CT molecular complexity index is 773. The second kappa shape index (κ2) is 9.63. The topological polar surface area (TPSA) is 19.4 Å². The van der Waals surface area contributed by atoms with Crippen LogP contribution >= 0.6 is 0 Å². The molecule has 1 atom stereocenters. The summed E-state index contributed by atoms with van der Waals surface area (Å²) in [6.45, 7) is 6.78. The Balaban J connectivity index is 1.33. The number of nitrogens with zero attached hydrogens (tertiary/aromatic N) is 3. The third kappa shape index (κ3) is 5.06. The molecule has 0 N–H and O–H groups in total. The van der Waals surface area contributed by atoms with Gasteiger partial charge < -0.3 is 4.90 Å². The van der Waals surface area contributed by atoms with Crippen molar-refractivity contribution in [3.63, 3.8) is 0 Å². The minimum absolute atomic E-state index is 0.366. The summed E-state index contributed by atoms with van der Waals surface area (Å²) in [4.78, 5) is 9.83. The van der Waals surface area contributed by atoms with Gasteiger partial charge in [-0.1, -0.05) is 66.7 Å². The van der Waals surface area contributed by atoms with Gasteiger partial charge in [0.1, 0.15) is 0 Å². The largest absolute Gasteiger partial charge is 0.301 e. The minimum atomic E-state index is 0.366. The van der Waals surface area contributed by atoms with Crippen molar-refractivity contribution in [2.75, 3.05) is 32.7 Å². The van der Waals surface area contributed by atoms with Gasteiger partial charge in [-0.05, 0) is 36.2 Å². The lowest BCUT2D eigenvalue weighted by atomic mass is 9.91. The van der Waals surface area contributed by atoms with Crippen molar-refractivity contribution in [3.05, 3.63) is 102 Å². The van der Waals surface area contributed by atoms with E-state index in [9.17, 15) is 0 Å². The van der Waals surface area contributed by atoms with Crippen molar-refractivity contribution >= 4 is 0 Å². The number of benzene rings is 2. The molecule has 0 aliphatic carbocycles. The molecule has 0 spiro atoms. The highest BCUT2D eigenvalue weighted by Crippen LogP contribution is 2.26. The van der Waals surface area contributed by atoms with Crippen LogP contribution in [-0.4, -0.2) is 47.5 Å². The van der Waals surface area contributed by atoms with Crippen molar-refractivity contribution in [2.24, 2.45) is 0 Å². The average Bonchev–Trinajstić information content (AvgIpc) is 2.77. The van der Waals surface area contributed by atoms with Gasteiger partial charge in [-0.3, -0.25) is 9.88 Å². The van der Waals surface area contributed by atoms with Gasteiger partial charge in [0, 0.05) is 50.5 Å². The second-order valence-corrected chi connectivity index (χ2v) is 7.61. The summed E-state index contributed by atoms with van der Waals surface area (Å²) in [5.74, 6) is 0.366. The van der Waals surface area contributed by atoms with Crippen LogP contribution in [0, 0.1) is 0 Å². The van der Waals surface area contributed by atoms with E-state index in [4.69, 9.17) is 0 Å². The molecule has 4 rings (SSSR count). The Morgan fingerprint density at radius 3 is 2.04 bits per heavy atom. The van der Waals surface area contributed by atoms with Crippen LogP contribution in [0.3, 0.4) is 0 Å². The van der Waals surface area contributed by atoms with Gasteiger partial charge in [0.25, 0.3) is 0 Å². The molecule has 1 aromatic heterocycles. The standard InChI is InChI=1S/C25H29N3/c1-3-9-22(10-4-1)21-28-19-17-27(18-20-28)16-14-24(23-11-5-2-6-12-23)25-13-7-8-15-26-25/h1-13,15,24H,14,16-21H2. The number of rotatable bonds is 7. The first-order valence-corrected chi connectivity index (χ1v) is 10.3. The average molecular weight is 372 g/mol. The lowest BCUT2D eigenvalue weighted by molar-refractivity contribution is 0.125. The van der Waals surface area contributed by atoms with E-state index in [1.54, 1.807) is 0 Å². The maximum atomic E-state index is 4.65. The van der Waals surface area contributed by atoms with E-state index in [2.05, 4.69) is 87.6 Å². The third-order valence-corrected chi connectivity index (χ3v) is 5.69. The van der Waals surface area contributed by atoms with E-state index in [0.29, 0.717) is 5.92 Å². The van der Waals surface area contributed by atoms with Crippen LogP contribution in [0.2, 0.25) is 0 Å². The first-order chi connectivity index (χ1) is 13.9. The highest BCUT2D eigenvalue weighted by atomic mass is 15.3. The van der Waals surface area contributed by atoms with Crippen LogP contribution in [0.4, 0.5) is 0 Å². The van der Waals surface area contributed by atoms with E-state index >= 15 is 0 Å². The zero-order chi connectivity index (χ0) is 19.0. The molecule has 0 amide bonds. The number of hydrogen-bond acceptors (Lipinski definition) is 3. The van der Waals surface area contributed by atoms with Crippen molar-refractivity contribution < 1.29 is 0 Å². The number of hydrogen-bond donors (Lipinski definition) is 0. The van der Waals surface area contributed by atoms with Crippen LogP contribution in [0.15, 0.2) is 85.1 Å². The van der Waals surface area contributed by atoms with E-state index in [1.165, 1.54) is 16.8 Å². The Hall–Kier alpha value is -2.49. The molecule has 3 nitrogen and oxygen atoms in total. The molecule has 1 saturated heterocycles. The fraction of sp³-hybridized carbons (Fsp3) is 0.320. The molecule has 28 heavy (non-hydrogen) atoms. The van der Waals surface area contributed by atoms with Gasteiger partial charge in [0.05, 0.1) is 0 Å². The summed E-state index contributed by atoms with van der Waals surface area (Å²) in [6.07, 6.45) is 3.02. The summed E-state index contributed by atoms with van der Waals surface area (Å²) in [5, 5.41) is 0. The number of aromatic nitrogens is 1. The fourth-order valence-electron chi connectivity index (χ4n) is 4.08. The smallest absolute Gasteiger partial charge is 0.0478 e. The highest BCUT2D eigenvalue weighted by molar-refractivity contribution is 5.28. The summed E-state index contributed by atoms with van der Waals surface area (Å²) in [6, 6.07) is 27.9. The monoisotopic (exact) mass is 371 g/mol. The van der Waals surface area contributed by atoms with Gasteiger partial charge in [-0.2, -0.15) is 0 Å². The minimum Gasteiger partial charge on any atom is -0.301 e. The molecule has 0 saturated carbocycles. The molecule has 1 aliphatic heterocycles. The van der Waals surface area contributed by atoms with Gasteiger partial charge in [0.2, 0.25) is 0 Å². The van der Waals surface area contributed by atoms with E-state index in [0.717, 1.165) is 45.7 Å². The molecular formula is C25H29N3. The molecule has 1 aliphatic rings. The zero-order valence-electron chi connectivity index (χ0n) is 16.5. The van der Waals surface area contributed by atoms with E-state index in [1.807, 2.05) is 12.3 Å². The van der Waals surface area contributed by atoms with Gasteiger partial charge in [0.15, 0.2) is 0 Å². The lowest BCUT2D eigenvalue weighted by Crippen LogP contribution is -2.46. The lowest BCUT2D eigenvalue weighted by Gasteiger charge is -2.35. The van der Waals surface area contributed by atoms with Crippen molar-refractivity contribution in [1.29, 1.82) is 0 Å². The number of piperazine rings is 1. The molecular weight excluding hydrogens is 342 g/mol. The van der Waals surface area contributed by atoms with Crippen molar-refractivity contribution in [3.8, 4) is 0 Å². The normalized spacial score (nSPS) is 16.7. The molecule has 0 radical (unpaired) electrons. The maximum Gasteiger partial charge on any atom is 0.0478 e. The summed E-state index contributed by atoms with van der Waals surface area (Å²) in [7, 11) is 0.